The highest BCUT2D eigenvalue weighted by atomic mass is 19.1. The molecule has 1 rings (SSSR count). The Hall–Kier alpha value is -2.18. The average Bonchev–Trinajstić information content (AvgIpc) is 2.30. The number of hydrogen-bond acceptors (Lipinski definition) is 4. The number of aromatic carboxylic acids is 1. The molecule has 1 heterocycles. The van der Waals surface area contributed by atoms with E-state index in [1.54, 1.807) is 14.1 Å². The fraction of sp³-hybridized carbons (Fsp3) is 0.364. The van der Waals surface area contributed by atoms with Gasteiger partial charge in [0.15, 0.2) is 11.6 Å². The van der Waals surface area contributed by atoms with Crippen LogP contribution in [0.5, 0.6) is 0 Å². The molecule has 0 unspecified atom stereocenters. The lowest BCUT2D eigenvalue weighted by molar-refractivity contribution is -0.128. The van der Waals surface area contributed by atoms with Gasteiger partial charge in [-0.25, -0.2) is 14.2 Å². The summed E-state index contributed by atoms with van der Waals surface area (Å²) in [7, 11) is 3.23. The van der Waals surface area contributed by atoms with Crippen LogP contribution >= 0.6 is 0 Å². The number of carbonyl (C=O) groups is 2. The maximum absolute atomic E-state index is 13.6. The molecule has 0 saturated heterocycles. The van der Waals surface area contributed by atoms with Crippen molar-refractivity contribution in [1.82, 2.24) is 9.88 Å². The van der Waals surface area contributed by atoms with Gasteiger partial charge >= 0.3 is 5.97 Å². The number of carboxylic acids is 1. The van der Waals surface area contributed by atoms with E-state index in [1.807, 2.05) is 0 Å². The number of carbonyl (C=O) groups excluding carboxylic acids is 1. The summed E-state index contributed by atoms with van der Waals surface area (Å²) in [5, 5.41) is 11.3. The van der Waals surface area contributed by atoms with E-state index in [0.29, 0.717) is 0 Å². The van der Waals surface area contributed by atoms with Crippen molar-refractivity contribution >= 4 is 17.7 Å². The fourth-order valence-electron chi connectivity index (χ4n) is 1.24. The van der Waals surface area contributed by atoms with Crippen LogP contribution in [0.4, 0.5) is 10.2 Å². The largest absolute Gasteiger partial charge is 0.478 e. The van der Waals surface area contributed by atoms with Crippen LogP contribution < -0.4 is 5.32 Å². The first-order valence-corrected chi connectivity index (χ1v) is 5.25. The van der Waals surface area contributed by atoms with Gasteiger partial charge in [-0.3, -0.25) is 4.79 Å². The number of carboxylic acid groups (broad SMARTS) is 1. The standard InChI is InChI=1S/C11H14FN3O3/c1-15(2)8(16)4-6-14-10-9(12)7(11(17)18)3-5-13-10/h3,5H,4,6H2,1-2H3,(H,13,14)(H,17,18). The van der Waals surface area contributed by atoms with Crippen molar-refractivity contribution < 1.29 is 19.1 Å². The summed E-state index contributed by atoms with van der Waals surface area (Å²) < 4.78 is 13.6. The molecule has 1 aromatic heterocycles. The van der Waals surface area contributed by atoms with Crippen molar-refractivity contribution in [2.75, 3.05) is 26.0 Å². The Bertz CT molecular complexity index is 463. The molecular weight excluding hydrogens is 241 g/mol. The summed E-state index contributed by atoms with van der Waals surface area (Å²) in [5.41, 5.74) is -0.452. The molecule has 0 atom stereocenters. The Balaban J connectivity index is 2.66. The summed E-state index contributed by atoms with van der Waals surface area (Å²) in [5.74, 6) is -2.57. The Morgan fingerprint density at radius 3 is 2.72 bits per heavy atom. The van der Waals surface area contributed by atoms with Crippen LogP contribution in [0.15, 0.2) is 12.3 Å². The predicted molar refractivity (Wildman–Crippen MR) is 63.0 cm³/mol. The Morgan fingerprint density at radius 2 is 2.17 bits per heavy atom. The molecule has 0 aliphatic heterocycles. The van der Waals surface area contributed by atoms with Crippen LogP contribution in [0.3, 0.4) is 0 Å². The van der Waals surface area contributed by atoms with Crippen LogP contribution in [0, 0.1) is 5.82 Å². The normalized spacial score (nSPS) is 9.94. The number of halogens is 1. The third-order valence-electron chi connectivity index (χ3n) is 2.25. The van der Waals surface area contributed by atoms with Crippen molar-refractivity contribution in [3.8, 4) is 0 Å². The maximum atomic E-state index is 13.6. The van der Waals surface area contributed by atoms with Gasteiger partial charge in [0.25, 0.3) is 0 Å². The van der Waals surface area contributed by atoms with E-state index in [2.05, 4.69) is 10.3 Å². The van der Waals surface area contributed by atoms with E-state index in [4.69, 9.17) is 5.11 Å². The maximum Gasteiger partial charge on any atom is 0.338 e. The van der Waals surface area contributed by atoms with E-state index in [0.717, 1.165) is 6.07 Å². The quantitative estimate of drug-likeness (QED) is 0.813. The smallest absolute Gasteiger partial charge is 0.338 e. The third kappa shape index (κ3) is 3.41. The number of anilines is 1. The first-order chi connectivity index (χ1) is 8.43. The predicted octanol–water partition coefficient (Wildman–Crippen LogP) is 0.809. The van der Waals surface area contributed by atoms with Gasteiger partial charge in [-0.05, 0) is 6.07 Å². The number of pyridine rings is 1. The molecule has 1 aromatic rings. The second kappa shape index (κ2) is 5.95. The summed E-state index contributed by atoms with van der Waals surface area (Å²) in [6.45, 7) is 0.185. The molecule has 0 aliphatic rings. The number of hydrogen-bond donors (Lipinski definition) is 2. The molecule has 2 N–H and O–H groups in total. The third-order valence-corrected chi connectivity index (χ3v) is 2.25. The van der Waals surface area contributed by atoms with Crippen molar-refractivity contribution in [2.45, 2.75) is 6.42 Å². The lowest BCUT2D eigenvalue weighted by Gasteiger charge is -2.11. The van der Waals surface area contributed by atoms with Crippen molar-refractivity contribution in [2.24, 2.45) is 0 Å². The Labute approximate surface area is 103 Å². The van der Waals surface area contributed by atoms with Crippen molar-refractivity contribution in [1.29, 1.82) is 0 Å². The van der Waals surface area contributed by atoms with Gasteiger partial charge in [-0.2, -0.15) is 0 Å². The van der Waals surface area contributed by atoms with Gasteiger partial charge < -0.3 is 15.3 Å². The van der Waals surface area contributed by atoms with Crippen LogP contribution in [0.1, 0.15) is 16.8 Å². The minimum absolute atomic E-state index is 0.114. The molecule has 1 amide bonds. The SMILES string of the molecule is CN(C)C(=O)CCNc1nccc(C(=O)O)c1F. The highest BCUT2D eigenvalue weighted by Crippen LogP contribution is 2.14. The van der Waals surface area contributed by atoms with E-state index in [-0.39, 0.29) is 24.7 Å². The molecule has 0 saturated carbocycles. The van der Waals surface area contributed by atoms with Crippen molar-refractivity contribution in [3.05, 3.63) is 23.6 Å². The van der Waals surface area contributed by atoms with Crippen LogP contribution in [0.2, 0.25) is 0 Å². The Morgan fingerprint density at radius 1 is 1.50 bits per heavy atom. The Kier molecular flexibility index (Phi) is 4.59. The molecule has 0 aliphatic carbocycles. The summed E-state index contributed by atoms with van der Waals surface area (Å²) in [6.07, 6.45) is 1.37. The monoisotopic (exact) mass is 255 g/mol. The number of amides is 1. The zero-order valence-corrected chi connectivity index (χ0v) is 10.1. The molecule has 7 heteroatoms. The van der Waals surface area contributed by atoms with Gasteiger partial charge in [0.1, 0.15) is 5.56 Å². The van der Waals surface area contributed by atoms with Gasteiger partial charge in [-0.1, -0.05) is 0 Å². The highest BCUT2D eigenvalue weighted by Gasteiger charge is 2.15. The molecule has 0 bridgehead atoms. The summed E-state index contributed by atoms with van der Waals surface area (Å²) in [6, 6.07) is 1.08. The molecule has 98 valence electrons. The number of aromatic nitrogens is 1. The topological polar surface area (TPSA) is 82.5 Å². The number of rotatable bonds is 5. The zero-order chi connectivity index (χ0) is 13.7. The number of nitrogens with one attached hydrogen (secondary N) is 1. The first kappa shape index (κ1) is 13.9. The fourth-order valence-corrected chi connectivity index (χ4v) is 1.24. The van der Waals surface area contributed by atoms with Gasteiger partial charge in [0.05, 0.1) is 0 Å². The minimum Gasteiger partial charge on any atom is -0.478 e. The van der Waals surface area contributed by atoms with Gasteiger partial charge in [-0.15, -0.1) is 0 Å². The molecular formula is C11H14FN3O3. The second-order valence-electron chi connectivity index (χ2n) is 3.79. The molecule has 0 aromatic carbocycles. The van der Waals surface area contributed by atoms with Crippen LogP contribution in [0.25, 0.3) is 0 Å². The van der Waals surface area contributed by atoms with Crippen molar-refractivity contribution in [3.63, 3.8) is 0 Å². The van der Waals surface area contributed by atoms with E-state index in [9.17, 15) is 14.0 Å². The molecule has 0 radical (unpaired) electrons. The average molecular weight is 255 g/mol. The lowest BCUT2D eigenvalue weighted by Crippen LogP contribution is -2.24. The zero-order valence-electron chi connectivity index (χ0n) is 10.1. The minimum atomic E-state index is -1.36. The molecule has 18 heavy (non-hydrogen) atoms. The molecule has 6 nitrogen and oxygen atoms in total. The lowest BCUT2D eigenvalue weighted by atomic mass is 10.2. The van der Waals surface area contributed by atoms with Gasteiger partial charge in [0, 0.05) is 33.3 Å². The van der Waals surface area contributed by atoms with Gasteiger partial charge in [0.2, 0.25) is 5.91 Å². The summed E-state index contributed by atoms with van der Waals surface area (Å²) in [4.78, 5) is 27.1. The molecule has 0 fully saturated rings. The number of nitrogens with zero attached hydrogens (tertiary/aromatic N) is 2. The van der Waals surface area contributed by atoms with E-state index in [1.165, 1.54) is 11.1 Å². The highest BCUT2D eigenvalue weighted by molar-refractivity contribution is 5.88. The summed E-state index contributed by atoms with van der Waals surface area (Å²) >= 11 is 0. The molecule has 0 spiro atoms. The van der Waals surface area contributed by atoms with E-state index >= 15 is 0 Å². The van der Waals surface area contributed by atoms with Crippen LogP contribution in [-0.4, -0.2) is 47.5 Å². The van der Waals surface area contributed by atoms with Crippen LogP contribution in [-0.2, 0) is 4.79 Å². The second-order valence-corrected chi connectivity index (χ2v) is 3.79. The first-order valence-electron chi connectivity index (χ1n) is 5.25. The van der Waals surface area contributed by atoms with E-state index < -0.39 is 17.3 Å².